The maximum atomic E-state index is 2.28. The van der Waals surface area contributed by atoms with Gasteiger partial charge in [-0.2, -0.15) is 0 Å². The van der Waals surface area contributed by atoms with Crippen molar-refractivity contribution in [2.75, 3.05) is 0 Å². The average Bonchev–Trinajstić information content (AvgIpc) is 0.834. The van der Waals surface area contributed by atoms with Gasteiger partial charge in [0.25, 0.3) is 0 Å². The minimum Gasteiger partial charge on any atom is -0.0622 e. The molecule has 0 bridgehead atoms. The van der Waals surface area contributed by atoms with Crippen LogP contribution in [-0.2, 0) is 0 Å². The highest BCUT2D eigenvalue weighted by atomic mass is 14.1. The molecule has 0 heteroatoms. The van der Waals surface area contributed by atoms with Crippen LogP contribution >= 0.6 is 0 Å². The van der Waals surface area contributed by atoms with Gasteiger partial charge in [0.15, 0.2) is 0 Å². The third-order valence-electron chi connectivity index (χ3n) is 17.5. The van der Waals surface area contributed by atoms with E-state index in [4.69, 9.17) is 0 Å². The first-order chi connectivity index (χ1) is 50.5. The van der Waals surface area contributed by atoms with Gasteiger partial charge in [-0.3, -0.25) is 0 Å². The summed E-state index contributed by atoms with van der Waals surface area (Å²) >= 11 is 0. The molecule has 0 saturated heterocycles. The Morgan fingerprint density at radius 1 is 0.107 bits per heavy atom. The third kappa shape index (κ3) is 23.3. The van der Waals surface area contributed by atoms with E-state index in [0.29, 0.717) is 0 Å². The molecule has 0 spiro atoms. The average molecular weight is 1330 g/mol. The molecule has 103 heavy (non-hydrogen) atoms. The van der Waals surface area contributed by atoms with E-state index in [1.165, 1.54) is 139 Å². The summed E-state index contributed by atoms with van der Waals surface area (Å²) in [6, 6.07) is 151. The SMILES string of the molecule is Cc1cc(-c2ccccc2)cc(-c2ccccc2)c1.Cc1ccc(-c2ccccc2)cc1.Cc1ccc(-c2ccccc2)cc1-c1ccccc1.Cc1cccc(-c2cccc(-c3ccccc3)c2)c1.Cc1cccc(-c2ccccc2)c1.Cc1ccccc1.Cc1ccccc1-c1ccccc1. The van der Waals surface area contributed by atoms with Gasteiger partial charge in [-0.1, -0.05) is 435 Å². The van der Waals surface area contributed by atoms with E-state index in [1.54, 1.807) is 0 Å². The molecule has 0 aliphatic rings. The number of aryl methyl sites for hydroxylation is 7. The smallest absolute Gasteiger partial charge is 0.0149 e. The molecule has 0 N–H and O–H groups in total. The Labute approximate surface area is 614 Å². The normalized spacial score (nSPS) is 10.1. The number of rotatable bonds is 9. The summed E-state index contributed by atoms with van der Waals surface area (Å²) in [7, 11) is 0. The lowest BCUT2D eigenvalue weighted by Gasteiger charge is -2.09. The van der Waals surface area contributed by atoms with Crippen molar-refractivity contribution >= 4 is 0 Å². The molecular weight excluding hydrogens is 1240 g/mol. The molecule has 16 rings (SSSR count). The minimum atomic E-state index is 1.26. The molecule has 0 fully saturated rings. The first kappa shape index (κ1) is 73.2. The first-order valence-corrected chi connectivity index (χ1v) is 35.5. The fourth-order valence-corrected chi connectivity index (χ4v) is 12.0. The van der Waals surface area contributed by atoms with Gasteiger partial charge >= 0.3 is 0 Å². The van der Waals surface area contributed by atoms with Gasteiger partial charge in [0.05, 0.1) is 0 Å². The van der Waals surface area contributed by atoms with Crippen LogP contribution in [-0.4, -0.2) is 0 Å². The van der Waals surface area contributed by atoms with Crippen molar-refractivity contribution in [3.05, 3.63) is 470 Å². The van der Waals surface area contributed by atoms with Gasteiger partial charge in [-0.25, -0.2) is 0 Å². The van der Waals surface area contributed by atoms with Crippen LogP contribution in [0.25, 0.3) is 100 Å². The van der Waals surface area contributed by atoms with Crippen LogP contribution in [0.1, 0.15) is 38.9 Å². The highest BCUT2D eigenvalue weighted by Crippen LogP contribution is 2.32. The summed E-state index contributed by atoms with van der Waals surface area (Å²) in [6.07, 6.45) is 0. The van der Waals surface area contributed by atoms with Crippen molar-refractivity contribution < 1.29 is 0 Å². The molecule has 0 aliphatic carbocycles. The van der Waals surface area contributed by atoms with Crippen LogP contribution in [0.15, 0.2) is 431 Å². The summed E-state index contributed by atoms with van der Waals surface area (Å²) in [5, 5.41) is 0. The Morgan fingerprint density at radius 2 is 0.330 bits per heavy atom. The first-order valence-electron chi connectivity index (χ1n) is 35.5. The Bertz CT molecular complexity index is 5010. The monoisotopic (exact) mass is 1330 g/mol. The molecule has 0 aliphatic heterocycles. The van der Waals surface area contributed by atoms with Crippen molar-refractivity contribution in [2.24, 2.45) is 0 Å². The Hall–Kier alpha value is -12.5. The highest BCUT2D eigenvalue weighted by molar-refractivity contribution is 5.77. The van der Waals surface area contributed by atoms with E-state index in [2.05, 4.69) is 437 Å². The van der Waals surface area contributed by atoms with Gasteiger partial charge in [0.1, 0.15) is 0 Å². The van der Waals surface area contributed by atoms with Gasteiger partial charge in [-0.05, 0) is 183 Å². The standard InChI is InChI=1S/3C19H16.3C13H12.C7H8/c1-15-12-18(16-8-4-2-5-9-16)14-19(13-15)17-10-6-3-7-11-17;1-15-12-13-18(16-8-4-2-5-9-16)14-19(15)17-10-6-3-7-11-17;1-15-7-5-10-17(13-15)19-12-6-11-18(14-19)16-8-3-2-4-9-16;1-11-7-5-6-10-13(11)12-8-3-2-4-9-12;1-11-6-5-9-13(10-11)12-7-3-2-4-8-12;1-11-7-9-13(10-8-11)12-5-3-2-4-6-12;1-7-5-3-2-4-6-7/h3*2-14H,1H3;3*2-10H,1H3;2-6H,1H3. The Balaban J connectivity index is 0.000000131. The molecule has 0 atom stereocenters. The van der Waals surface area contributed by atoms with E-state index in [1.807, 2.05) is 42.5 Å². The van der Waals surface area contributed by atoms with E-state index in [9.17, 15) is 0 Å². The number of benzene rings is 16. The second-order valence-electron chi connectivity index (χ2n) is 25.7. The zero-order valence-corrected chi connectivity index (χ0v) is 60.5. The summed E-state index contributed by atoms with van der Waals surface area (Å²) in [5.41, 5.74) is 32.2. The number of hydrogen-bond donors (Lipinski definition) is 0. The molecule has 0 nitrogen and oxygen atoms in total. The van der Waals surface area contributed by atoms with Gasteiger partial charge in [0.2, 0.25) is 0 Å². The topological polar surface area (TPSA) is 0 Å². The minimum absolute atomic E-state index is 1.26. The fraction of sp³-hybridized carbons (Fsp3) is 0.0680. The molecule has 0 saturated carbocycles. The van der Waals surface area contributed by atoms with Crippen molar-refractivity contribution in [2.45, 2.75) is 48.5 Å². The summed E-state index contributed by atoms with van der Waals surface area (Å²) < 4.78 is 0. The number of hydrogen-bond acceptors (Lipinski definition) is 0. The molecule has 0 radical (unpaired) electrons. The van der Waals surface area contributed by atoms with Crippen molar-refractivity contribution in [1.82, 2.24) is 0 Å². The van der Waals surface area contributed by atoms with Gasteiger partial charge < -0.3 is 0 Å². The predicted molar refractivity (Wildman–Crippen MR) is 447 cm³/mol. The third-order valence-corrected chi connectivity index (χ3v) is 17.5. The van der Waals surface area contributed by atoms with E-state index in [0.717, 1.165) is 0 Å². The quantitative estimate of drug-likeness (QED) is 0.135. The van der Waals surface area contributed by atoms with Crippen LogP contribution in [0.5, 0.6) is 0 Å². The van der Waals surface area contributed by atoms with Crippen molar-refractivity contribution in [3.63, 3.8) is 0 Å². The maximum absolute atomic E-state index is 2.28. The van der Waals surface area contributed by atoms with Crippen LogP contribution in [0.2, 0.25) is 0 Å². The lowest BCUT2D eigenvalue weighted by Crippen LogP contribution is -1.85. The fourth-order valence-electron chi connectivity index (χ4n) is 12.0. The molecule has 0 amide bonds. The van der Waals surface area contributed by atoms with Gasteiger partial charge in [0, 0.05) is 0 Å². The Kier molecular flexibility index (Phi) is 28.0. The molecule has 16 aromatic rings. The van der Waals surface area contributed by atoms with E-state index >= 15 is 0 Å². The van der Waals surface area contributed by atoms with Crippen LogP contribution in [0.3, 0.4) is 0 Å². The lowest BCUT2D eigenvalue weighted by atomic mass is 9.95. The van der Waals surface area contributed by atoms with Gasteiger partial charge in [-0.15, -0.1) is 0 Å². The summed E-state index contributed by atoms with van der Waals surface area (Å²) in [5.74, 6) is 0. The van der Waals surface area contributed by atoms with E-state index in [-0.39, 0.29) is 0 Å². The summed E-state index contributed by atoms with van der Waals surface area (Å²) in [4.78, 5) is 0. The maximum Gasteiger partial charge on any atom is -0.0149 e. The second kappa shape index (κ2) is 39.3. The van der Waals surface area contributed by atoms with Crippen molar-refractivity contribution in [1.29, 1.82) is 0 Å². The van der Waals surface area contributed by atoms with Crippen LogP contribution in [0.4, 0.5) is 0 Å². The molecular formula is C103H92. The Morgan fingerprint density at radius 3 is 0.709 bits per heavy atom. The molecule has 0 aromatic heterocycles. The molecule has 504 valence electrons. The molecule has 16 aromatic carbocycles. The molecule has 0 heterocycles. The predicted octanol–water partition coefficient (Wildman–Crippen LogP) is 29.0. The zero-order chi connectivity index (χ0) is 71.6. The van der Waals surface area contributed by atoms with E-state index < -0.39 is 0 Å². The zero-order valence-electron chi connectivity index (χ0n) is 60.5. The largest absolute Gasteiger partial charge is 0.0622 e. The van der Waals surface area contributed by atoms with Crippen LogP contribution < -0.4 is 0 Å². The summed E-state index contributed by atoms with van der Waals surface area (Å²) in [6.45, 7) is 14.9. The molecule has 0 unspecified atom stereocenters. The lowest BCUT2D eigenvalue weighted by molar-refractivity contribution is 1.45. The van der Waals surface area contributed by atoms with Crippen LogP contribution in [0, 0.1) is 48.5 Å². The highest BCUT2D eigenvalue weighted by Gasteiger charge is 2.07. The second-order valence-corrected chi connectivity index (χ2v) is 25.7. The van der Waals surface area contributed by atoms with Crippen molar-refractivity contribution in [3.8, 4) is 100 Å².